The molecule has 2 amide bonds. The molecule has 0 aliphatic carbocycles. The van der Waals surface area contributed by atoms with E-state index in [4.69, 9.17) is 14.9 Å². The first-order chi connectivity index (χ1) is 16.3. The van der Waals surface area contributed by atoms with Crippen molar-refractivity contribution < 1.29 is 23.5 Å². The number of esters is 1. The average molecular weight is 486 g/mol. The van der Waals surface area contributed by atoms with Gasteiger partial charge in [-0.1, -0.05) is 42.4 Å². The van der Waals surface area contributed by atoms with Gasteiger partial charge in [-0.2, -0.15) is 0 Å². The van der Waals surface area contributed by atoms with Gasteiger partial charge in [0.1, 0.15) is 16.9 Å². The Kier molecular flexibility index (Phi) is 8.11. The fraction of sp³-hybridized carbons (Fsp3) is 0.348. The van der Waals surface area contributed by atoms with Gasteiger partial charge in [0.25, 0.3) is 5.91 Å². The third kappa shape index (κ3) is 5.48. The highest BCUT2D eigenvalue weighted by molar-refractivity contribution is 7.99. The number of nitrogens with two attached hydrogens (primary N) is 1. The second kappa shape index (κ2) is 11.0. The lowest BCUT2D eigenvalue weighted by Crippen LogP contribution is -2.21. The summed E-state index contributed by atoms with van der Waals surface area (Å²) >= 11 is 1.20. The quantitative estimate of drug-likeness (QED) is 0.328. The van der Waals surface area contributed by atoms with Crippen molar-refractivity contribution in [3.8, 4) is 11.4 Å². The van der Waals surface area contributed by atoms with Gasteiger partial charge in [0, 0.05) is 12.1 Å². The molecular formula is C23H27N5O5S. The van der Waals surface area contributed by atoms with Gasteiger partial charge < -0.3 is 19.5 Å². The van der Waals surface area contributed by atoms with Crippen LogP contribution in [0.4, 0.5) is 5.88 Å². The van der Waals surface area contributed by atoms with Crippen molar-refractivity contribution >= 4 is 35.4 Å². The minimum Gasteiger partial charge on any atom is -0.462 e. The molecule has 10 nitrogen and oxygen atoms in total. The van der Waals surface area contributed by atoms with Gasteiger partial charge in [0.15, 0.2) is 11.0 Å². The predicted octanol–water partition coefficient (Wildman–Crippen LogP) is 3.57. The summed E-state index contributed by atoms with van der Waals surface area (Å²) in [6.07, 6.45) is 0.862. The van der Waals surface area contributed by atoms with Gasteiger partial charge >= 0.3 is 5.97 Å². The van der Waals surface area contributed by atoms with Gasteiger partial charge in [-0.15, -0.1) is 10.2 Å². The first kappa shape index (κ1) is 25.0. The fourth-order valence-corrected chi connectivity index (χ4v) is 4.19. The molecule has 0 aliphatic rings. The lowest BCUT2D eigenvalue weighted by molar-refractivity contribution is -0.113. The molecule has 1 aromatic carbocycles. The van der Waals surface area contributed by atoms with E-state index in [1.54, 1.807) is 6.92 Å². The summed E-state index contributed by atoms with van der Waals surface area (Å²) < 4.78 is 12.4. The molecular weight excluding hydrogens is 458 g/mol. The Morgan fingerprint density at radius 2 is 1.94 bits per heavy atom. The van der Waals surface area contributed by atoms with Crippen LogP contribution in [0.2, 0.25) is 0 Å². The van der Waals surface area contributed by atoms with Crippen LogP contribution in [-0.4, -0.2) is 44.9 Å². The zero-order valence-electron chi connectivity index (χ0n) is 19.5. The topological polar surface area (TPSA) is 142 Å². The van der Waals surface area contributed by atoms with Crippen LogP contribution in [-0.2, 0) is 16.1 Å². The Labute approximate surface area is 201 Å². The van der Waals surface area contributed by atoms with Crippen molar-refractivity contribution in [1.82, 2.24) is 14.8 Å². The molecule has 34 heavy (non-hydrogen) atoms. The summed E-state index contributed by atoms with van der Waals surface area (Å²) in [7, 11) is 0. The standard InChI is InChI=1S/C23H27N5O5S/c1-5-10-28-20(15-9-7-8-13(3)11-15)26-27-23(28)34-12-16(29)25-21-18(19(24)30)17(14(4)33-21)22(31)32-6-2/h7-9,11H,5-6,10,12H2,1-4H3,(H2,24,30)(H,25,29). The molecule has 3 aromatic rings. The summed E-state index contributed by atoms with van der Waals surface area (Å²) in [5, 5.41) is 11.7. The normalized spacial score (nSPS) is 10.8. The Balaban J connectivity index is 1.78. The predicted molar refractivity (Wildman–Crippen MR) is 128 cm³/mol. The maximum absolute atomic E-state index is 12.6. The van der Waals surface area contributed by atoms with Crippen molar-refractivity contribution in [2.45, 2.75) is 45.8 Å². The number of amides is 2. The molecule has 2 heterocycles. The molecule has 0 saturated heterocycles. The van der Waals surface area contributed by atoms with E-state index in [0.29, 0.717) is 11.7 Å². The monoisotopic (exact) mass is 485 g/mol. The number of nitrogens with zero attached hydrogens (tertiary/aromatic N) is 3. The van der Waals surface area contributed by atoms with E-state index in [9.17, 15) is 14.4 Å². The molecule has 3 rings (SSSR count). The van der Waals surface area contributed by atoms with E-state index < -0.39 is 17.8 Å². The third-order valence-corrected chi connectivity index (χ3v) is 5.80. The molecule has 0 atom stereocenters. The number of carbonyl (C=O) groups excluding carboxylic acids is 3. The van der Waals surface area contributed by atoms with Crippen LogP contribution >= 0.6 is 11.8 Å². The molecule has 0 spiro atoms. The largest absolute Gasteiger partial charge is 0.462 e. The number of benzene rings is 1. The SMILES string of the molecule is CCCn1c(SCC(=O)Nc2oc(C)c(C(=O)OCC)c2C(N)=O)nnc1-c1cccc(C)c1. The minimum atomic E-state index is -0.909. The van der Waals surface area contributed by atoms with Crippen LogP contribution in [0, 0.1) is 13.8 Å². The molecule has 0 bridgehead atoms. The number of aromatic nitrogens is 3. The molecule has 0 fully saturated rings. The number of carbonyl (C=O) groups is 3. The van der Waals surface area contributed by atoms with E-state index in [1.165, 1.54) is 18.7 Å². The van der Waals surface area contributed by atoms with E-state index in [1.807, 2.05) is 42.7 Å². The van der Waals surface area contributed by atoms with E-state index in [0.717, 1.165) is 23.4 Å². The zero-order valence-corrected chi connectivity index (χ0v) is 20.3. The molecule has 3 N–H and O–H groups in total. The van der Waals surface area contributed by atoms with Crippen molar-refractivity contribution in [2.75, 3.05) is 17.7 Å². The minimum absolute atomic E-state index is 0.0254. The van der Waals surface area contributed by atoms with Crippen LogP contribution in [0.5, 0.6) is 0 Å². The number of hydrogen-bond acceptors (Lipinski definition) is 8. The summed E-state index contributed by atoms with van der Waals surface area (Å²) in [4.78, 5) is 36.8. The number of hydrogen-bond donors (Lipinski definition) is 2. The number of rotatable bonds is 10. The van der Waals surface area contributed by atoms with Crippen molar-refractivity contribution in [3.63, 3.8) is 0 Å². The lowest BCUT2D eigenvalue weighted by Gasteiger charge is -2.09. The number of thioether (sulfide) groups is 1. The number of anilines is 1. The van der Waals surface area contributed by atoms with Gasteiger partial charge in [-0.25, -0.2) is 4.79 Å². The second-order valence-electron chi connectivity index (χ2n) is 7.49. The Morgan fingerprint density at radius 1 is 1.18 bits per heavy atom. The molecule has 180 valence electrons. The van der Waals surface area contributed by atoms with E-state index in [2.05, 4.69) is 15.5 Å². The van der Waals surface area contributed by atoms with E-state index >= 15 is 0 Å². The third-order valence-electron chi connectivity index (χ3n) is 4.84. The maximum Gasteiger partial charge on any atom is 0.342 e. The second-order valence-corrected chi connectivity index (χ2v) is 8.43. The average Bonchev–Trinajstić information content (AvgIpc) is 3.33. The highest BCUT2D eigenvalue weighted by Gasteiger charge is 2.29. The molecule has 2 aromatic heterocycles. The fourth-order valence-electron chi connectivity index (χ4n) is 3.43. The number of nitrogens with one attached hydrogen (secondary N) is 1. The van der Waals surface area contributed by atoms with Crippen molar-refractivity contribution in [2.24, 2.45) is 5.73 Å². The lowest BCUT2D eigenvalue weighted by atomic mass is 10.1. The molecule has 11 heteroatoms. The Morgan fingerprint density at radius 3 is 2.59 bits per heavy atom. The van der Waals surface area contributed by atoms with Gasteiger partial charge in [-0.3, -0.25) is 14.9 Å². The number of aryl methyl sites for hydroxylation is 2. The van der Waals surface area contributed by atoms with Gasteiger partial charge in [-0.05, 0) is 33.3 Å². The molecule has 0 radical (unpaired) electrons. The van der Waals surface area contributed by atoms with Crippen LogP contribution in [0.15, 0.2) is 33.8 Å². The summed E-state index contributed by atoms with van der Waals surface area (Å²) in [6.45, 7) is 7.98. The Hall–Kier alpha value is -3.60. The highest BCUT2D eigenvalue weighted by atomic mass is 32.2. The van der Waals surface area contributed by atoms with Gasteiger partial charge in [0.05, 0.1) is 12.4 Å². The number of ether oxygens (including phenoxy) is 1. The summed E-state index contributed by atoms with van der Waals surface area (Å²) in [5.41, 5.74) is 7.18. The van der Waals surface area contributed by atoms with Crippen LogP contribution < -0.4 is 11.1 Å². The zero-order chi connectivity index (χ0) is 24.8. The number of primary amides is 1. The smallest absolute Gasteiger partial charge is 0.342 e. The maximum atomic E-state index is 12.6. The Bertz CT molecular complexity index is 1220. The summed E-state index contributed by atoms with van der Waals surface area (Å²) in [6, 6.07) is 7.97. The van der Waals surface area contributed by atoms with Crippen LogP contribution in [0.25, 0.3) is 11.4 Å². The molecule has 0 saturated carbocycles. The van der Waals surface area contributed by atoms with Gasteiger partial charge in [0.2, 0.25) is 11.8 Å². The van der Waals surface area contributed by atoms with Crippen LogP contribution in [0.1, 0.15) is 52.3 Å². The van der Waals surface area contributed by atoms with Crippen LogP contribution in [0.3, 0.4) is 0 Å². The van der Waals surface area contributed by atoms with E-state index in [-0.39, 0.29) is 35.1 Å². The number of furan rings is 1. The van der Waals surface area contributed by atoms with Crippen molar-refractivity contribution in [3.05, 3.63) is 46.7 Å². The molecule has 0 aliphatic heterocycles. The highest BCUT2D eigenvalue weighted by Crippen LogP contribution is 2.29. The first-order valence-corrected chi connectivity index (χ1v) is 11.8. The first-order valence-electron chi connectivity index (χ1n) is 10.8. The summed E-state index contributed by atoms with van der Waals surface area (Å²) in [5.74, 6) is -1.47. The molecule has 0 unspecified atom stereocenters. The van der Waals surface area contributed by atoms with Crippen molar-refractivity contribution in [1.29, 1.82) is 0 Å².